The van der Waals surface area contributed by atoms with Crippen molar-refractivity contribution in [3.05, 3.63) is 0 Å². The van der Waals surface area contributed by atoms with Crippen LogP contribution in [0.4, 0.5) is 0 Å². The molecule has 3 N–H and O–H groups in total. The molecule has 0 aromatic heterocycles. The van der Waals surface area contributed by atoms with Crippen molar-refractivity contribution >= 4 is 39.5 Å². The Morgan fingerprint density at radius 1 is 0.293 bits per heavy atom. The van der Waals surface area contributed by atoms with E-state index in [0.29, 0.717) is 31.6 Å². The summed E-state index contributed by atoms with van der Waals surface area (Å²) in [6.45, 7) is 11.9. The van der Waals surface area contributed by atoms with Gasteiger partial charge in [0, 0.05) is 25.7 Å². The van der Waals surface area contributed by atoms with Crippen molar-refractivity contribution in [2.24, 2.45) is 17.8 Å². The number of hydrogen-bond donors (Lipinski definition) is 3. The van der Waals surface area contributed by atoms with E-state index in [1.165, 1.54) is 218 Å². The molecule has 0 saturated heterocycles. The molecule has 0 aliphatic heterocycles. The number of aliphatic hydroxyl groups is 1. The molecule has 0 fully saturated rings. The van der Waals surface area contributed by atoms with E-state index in [-0.39, 0.29) is 25.7 Å². The Hall–Kier alpha value is -1.94. The van der Waals surface area contributed by atoms with Crippen molar-refractivity contribution in [3.8, 4) is 0 Å². The lowest BCUT2D eigenvalue weighted by Crippen LogP contribution is -2.30. The molecule has 588 valence electrons. The number of phosphoric acid groups is 2. The van der Waals surface area contributed by atoms with E-state index in [4.69, 9.17) is 37.0 Å². The van der Waals surface area contributed by atoms with Gasteiger partial charge in [-0.25, -0.2) is 9.13 Å². The van der Waals surface area contributed by atoms with E-state index in [2.05, 4.69) is 48.5 Å². The highest BCUT2D eigenvalue weighted by molar-refractivity contribution is 7.47. The van der Waals surface area contributed by atoms with E-state index in [0.717, 1.165) is 108 Å². The Balaban J connectivity index is 5.20. The fraction of sp³-hybridized carbons (Fsp3) is 0.950. The fourth-order valence-corrected chi connectivity index (χ4v) is 13.8. The molecule has 0 saturated carbocycles. The van der Waals surface area contributed by atoms with Gasteiger partial charge in [0.1, 0.15) is 19.3 Å². The van der Waals surface area contributed by atoms with Crippen LogP contribution in [0.5, 0.6) is 0 Å². The maximum absolute atomic E-state index is 13.1. The molecule has 4 unspecified atom stereocenters. The summed E-state index contributed by atoms with van der Waals surface area (Å²) in [7, 11) is -9.92. The van der Waals surface area contributed by atoms with Crippen molar-refractivity contribution in [3.63, 3.8) is 0 Å². The monoisotopic (exact) mass is 1450 g/mol. The number of ether oxygens (including phenoxy) is 4. The lowest BCUT2D eigenvalue weighted by atomic mass is 9.99. The van der Waals surface area contributed by atoms with E-state index in [1.54, 1.807) is 0 Å². The highest BCUT2D eigenvalue weighted by Gasteiger charge is 2.30. The van der Waals surface area contributed by atoms with Gasteiger partial charge in [-0.15, -0.1) is 0 Å². The van der Waals surface area contributed by atoms with Gasteiger partial charge in [0.25, 0.3) is 0 Å². The predicted molar refractivity (Wildman–Crippen MR) is 405 cm³/mol. The van der Waals surface area contributed by atoms with Gasteiger partial charge in [0.05, 0.1) is 26.4 Å². The summed E-state index contributed by atoms with van der Waals surface area (Å²) in [5, 5.41) is 10.6. The van der Waals surface area contributed by atoms with Crippen LogP contribution >= 0.6 is 15.6 Å². The normalized spacial score (nSPS) is 14.5. The van der Waals surface area contributed by atoms with Crippen LogP contribution in [0.3, 0.4) is 0 Å². The van der Waals surface area contributed by atoms with Crippen molar-refractivity contribution in [1.29, 1.82) is 0 Å². The molecule has 0 amide bonds. The third-order valence-corrected chi connectivity index (χ3v) is 21.3. The lowest BCUT2D eigenvalue weighted by molar-refractivity contribution is -0.161. The van der Waals surface area contributed by atoms with E-state index in [1.807, 2.05) is 0 Å². The van der Waals surface area contributed by atoms with Crippen molar-refractivity contribution in [2.45, 2.75) is 433 Å². The largest absolute Gasteiger partial charge is 0.472 e. The third-order valence-electron chi connectivity index (χ3n) is 19.4. The molecule has 99 heavy (non-hydrogen) atoms. The number of rotatable bonds is 78. The average Bonchev–Trinajstić information content (AvgIpc) is 1.01. The summed E-state index contributed by atoms with van der Waals surface area (Å²) in [5.74, 6) is 0.203. The number of phosphoric ester groups is 2. The number of hydrogen-bond acceptors (Lipinski definition) is 15. The molecular formula is C80H156O17P2. The molecular weight excluding hydrogens is 1290 g/mol. The molecule has 0 aliphatic carbocycles. The molecule has 0 aromatic carbocycles. The van der Waals surface area contributed by atoms with Crippen LogP contribution in [0.15, 0.2) is 0 Å². The Morgan fingerprint density at radius 2 is 0.515 bits per heavy atom. The summed E-state index contributed by atoms with van der Waals surface area (Å²) in [5.41, 5.74) is 0. The summed E-state index contributed by atoms with van der Waals surface area (Å²) >= 11 is 0. The molecule has 19 heteroatoms. The highest BCUT2D eigenvalue weighted by atomic mass is 31.2. The molecule has 0 aromatic rings. The average molecular weight is 1450 g/mol. The van der Waals surface area contributed by atoms with Gasteiger partial charge < -0.3 is 33.8 Å². The van der Waals surface area contributed by atoms with Crippen LogP contribution in [0, 0.1) is 17.8 Å². The first-order valence-electron chi connectivity index (χ1n) is 41.4. The maximum atomic E-state index is 13.1. The second-order valence-corrected chi connectivity index (χ2v) is 32.7. The Kier molecular flexibility index (Phi) is 69.0. The van der Waals surface area contributed by atoms with Crippen LogP contribution in [-0.2, 0) is 65.4 Å². The van der Waals surface area contributed by atoms with Gasteiger partial charge in [0.15, 0.2) is 12.2 Å². The smallest absolute Gasteiger partial charge is 0.462 e. The predicted octanol–water partition coefficient (Wildman–Crippen LogP) is 23.7. The molecule has 0 bridgehead atoms. The minimum atomic E-state index is -4.96. The molecule has 0 rings (SSSR count). The van der Waals surface area contributed by atoms with Crippen LogP contribution in [0.25, 0.3) is 0 Å². The van der Waals surface area contributed by atoms with Crippen LogP contribution in [0.1, 0.15) is 414 Å². The van der Waals surface area contributed by atoms with Crippen molar-refractivity contribution in [1.82, 2.24) is 0 Å². The second kappa shape index (κ2) is 70.4. The van der Waals surface area contributed by atoms with Crippen LogP contribution < -0.4 is 0 Å². The summed E-state index contributed by atoms with van der Waals surface area (Å²) < 4.78 is 68.6. The van der Waals surface area contributed by atoms with E-state index in [9.17, 15) is 43.2 Å². The quantitative estimate of drug-likeness (QED) is 0.0222. The van der Waals surface area contributed by atoms with Gasteiger partial charge in [-0.3, -0.25) is 37.3 Å². The van der Waals surface area contributed by atoms with Gasteiger partial charge in [-0.2, -0.15) is 0 Å². The summed E-state index contributed by atoms with van der Waals surface area (Å²) in [6, 6.07) is 0. The minimum Gasteiger partial charge on any atom is -0.462 e. The van der Waals surface area contributed by atoms with Gasteiger partial charge in [0.2, 0.25) is 0 Å². The first-order chi connectivity index (χ1) is 47.8. The Bertz CT molecular complexity index is 1930. The van der Waals surface area contributed by atoms with E-state index < -0.39 is 97.5 Å². The van der Waals surface area contributed by atoms with Crippen LogP contribution in [-0.4, -0.2) is 96.7 Å². The molecule has 0 aliphatic rings. The standard InChI is InChI=1S/C80H156O17P2/c1-8-11-12-13-14-15-16-17-18-24-27-30-33-39-47-54-61-77(82)90-67-75(96-79(84)63-56-49-40-34-31-28-25-22-20-19-21-23-26-29-32-37-45-52-59-72(6)9-2)69-94-98(86,87)92-65-74(81)66-93-99(88,89)95-70-76(68-91-78(83)62-55-48-43-42-44-51-58-71(4)5)97-80(85)64-57-50-41-36-35-38-46-53-60-73(7)10-3/h71-76,81H,8-70H2,1-7H3,(H,86,87)(H,88,89)/t72?,73?,74-,75-,76-/m1/s1. The first kappa shape index (κ1) is 97.1. The maximum Gasteiger partial charge on any atom is 0.472 e. The Labute approximate surface area is 607 Å². The molecule has 17 nitrogen and oxygen atoms in total. The summed E-state index contributed by atoms with van der Waals surface area (Å²) in [4.78, 5) is 72.9. The van der Waals surface area contributed by atoms with Crippen molar-refractivity contribution < 1.29 is 80.2 Å². The molecule has 0 spiro atoms. The highest BCUT2D eigenvalue weighted by Crippen LogP contribution is 2.45. The number of unbranched alkanes of at least 4 members (excludes halogenated alkanes) is 44. The third kappa shape index (κ3) is 71.5. The number of esters is 4. The number of carbonyl (C=O) groups excluding carboxylic acids is 4. The topological polar surface area (TPSA) is 237 Å². The SMILES string of the molecule is CCCCCCCCCCCCCCCCCCC(=O)OC[C@H](COP(=O)(O)OC[C@@H](O)COP(=O)(O)OC[C@@H](COC(=O)CCCCCCCCC(C)C)OC(=O)CCCCCCCCCCC(C)CC)OC(=O)CCCCCCCCCCCCCCCCCCCCC(C)CC. The molecule has 0 heterocycles. The van der Waals surface area contributed by atoms with Gasteiger partial charge >= 0.3 is 39.5 Å². The summed E-state index contributed by atoms with van der Waals surface area (Å²) in [6.07, 6.45) is 58.5. The zero-order valence-electron chi connectivity index (χ0n) is 65.0. The first-order valence-corrected chi connectivity index (χ1v) is 44.4. The van der Waals surface area contributed by atoms with Gasteiger partial charge in [-0.05, 0) is 43.4 Å². The Morgan fingerprint density at radius 3 is 0.768 bits per heavy atom. The molecule has 0 radical (unpaired) electrons. The lowest BCUT2D eigenvalue weighted by Gasteiger charge is -2.21. The zero-order valence-corrected chi connectivity index (χ0v) is 66.8. The fourth-order valence-electron chi connectivity index (χ4n) is 12.2. The minimum absolute atomic E-state index is 0.104. The second-order valence-electron chi connectivity index (χ2n) is 29.8. The number of aliphatic hydroxyl groups excluding tert-OH is 1. The number of carbonyl (C=O) groups is 4. The van der Waals surface area contributed by atoms with E-state index >= 15 is 0 Å². The van der Waals surface area contributed by atoms with Crippen LogP contribution in [0.2, 0.25) is 0 Å². The van der Waals surface area contributed by atoms with Crippen molar-refractivity contribution in [2.75, 3.05) is 39.6 Å². The zero-order chi connectivity index (χ0) is 73.0. The molecule has 7 atom stereocenters. The van der Waals surface area contributed by atoms with Gasteiger partial charge in [-0.1, -0.05) is 363 Å².